The molecule has 158 valence electrons. The first-order chi connectivity index (χ1) is 15.0. The van der Waals surface area contributed by atoms with Crippen LogP contribution in [0, 0.1) is 6.92 Å². The number of hydrogen-bond donors (Lipinski definition) is 3. The maximum atomic E-state index is 12.7. The summed E-state index contributed by atoms with van der Waals surface area (Å²) in [4.78, 5) is 4.49. The maximum absolute atomic E-state index is 12.7. The largest absolute Gasteiger partial charge is 0.367 e. The minimum Gasteiger partial charge on any atom is -0.367 e. The fourth-order valence-corrected chi connectivity index (χ4v) is 4.37. The quantitative estimate of drug-likeness (QED) is 0.364. The highest BCUT2D eigenvalue weighted by molar-refractivity contribution is 7.89. The van der Waals surface area contributed by atoms with E-state index in [4.69, 9.17) is 0 Å². The van der Waals surface area contributed by atoms with Crippen molar-refractivity contribution < 1.29 is 8.42 Å². The van der Waals surface area contributed by atoms with E-state index in [1.54, 1.807) is 36.5 Å². The van der Waals surface area contributed by atoms with Crippen molar-refractivity contribution in [1.82, 2.24) is 19.9 Å². The average Bonchev–Trinajstić information content (AvgIpc) is 2.77. The predicted octanol–water partition coefficient (Wildman–Crippen LogP) is 3.47. The molecule has 0 saturated carbocycles. The van der Waals surface area contributed by atoms with Crippen LogP contribution < -0.4 is 15.4 Å². The summed E-state index contributed by atoms with van der Waals surface area (Å²) in [5.41, 5.74) is 1.09. The highest BCUT2D eigenvalue weighted by atomic mass is 32.2. The third-order valence-corrected chi connectivity index (χ3v) is 6.12. The third-order valence-electron chi connectivity index (χ3n) is 4.60. The molecule has 0 atom stereocenters. The number of nitrogens with zero attached hydrogens (tertiary/aromatic N) is 3. The SMILES string of the molecule is Cc1ccnc(Nc2ccc(NCCNS(=O)(=O)c3cccc4ccccc34)nn2)c1. The molecule has 4 aromatic rings. The molecule has 31 heavy (non-hydrogen) atoms. The Morgan fingerprint density at radius 1 is 0.839 bits per heavy atom. The molecule has 0 aliphatic rings. The summed E-state index contributed by atoms with van der Waals surface area (Å²) in [6, 6.07) is 20.0. The standard InChI is InChI=1S/C22H22N6O2S/c1-16-11-12-23-22(15-16)26-21-10-9-20(27-28-21)24-13-14-25-31(29,30)19-8-4-6-17-5-2-3-7-18(17)19/h2-12,15,25H,13-14H2,1H3,(H,24,27)(H,23,26,28). The second kappa shape index (κ2) is 9.07. The Labute approximate surface area is 180 Å². The molecule has 0 fully saturated rings. The van der Waals surface area contributed by atoms with Gasteiger partial charge < -0.3 is 10.6 Å². The number of aryl methyl sites for hydroxylation is 1. The van der Waals surface area contributed by atoms with Gasteiger partial charge in [-0.25, -0.2) is 18.1 Å². The molecule has 2 heterocycles. The van der Waals surface area contributed by atoms with Crippen LogP contribution in [0.1, 0.15) is 5.56 Å². The first kappa shape index (κ1) is 20.7. The van der Waals surface area contributed by atoms with E-state index in [-0.39, 0.29) is 11.4 Å². The molecule has 0 amide bonds. The van der Waals surface area contributed by atoms with Crippen LogP contribution in [0.15, 0.2) is 77.8 Å². The number of fused-ring (bicyclic) bond motifs is 1. The summed E-state index contributed by atoms with van der Waals surface area (Å²) in [5, 5.41) is 15.9. The zero-order valence-corrected chi connectivity index (χ0v) is 17.7. The normalized spacial score (nSPS) is 11.4. The first-order valence-corrected chi connectivity index (χ1v) is 11.2. The predicted molar refractivity (Wildman–Crippen MR) is 122 cm³/mol. The number of sulfonamides is 1. The minimum atomic E-state index is -3.63. The molecule has 0 bridgehead atoms. The summed E-state index contributed by atoms with van der Waals surface area (Å²) in [7, 11) is -3.63. The molecule has 0 unspecified atom stereocenters. The lowest BCUT2D eigenvalue weighted by Crippen LogP contribution is -2.29. The molecule has 0 radical (unpaired) electrons. The van der Waals surface area contributed by atoms with Crippen LogP contribution in [0.5, 0.6) is 0 Å². The molecule has 0 saturated heterocycles. The fourth-order valence-electron chi connectivity index (χ4n) is 3.11. The summed E-state index contributed by atoms with van der Waals surface area (Å²) in [6.45, 7) is 2.56. The summed E-state index contributed by atoms with van der Waals surface area (Å²) in [6.07, 6.45) is 1.72. The van der Waals surface area contributed by atoms with Crippen LogP contribution in [0.4, 0.5) is 17.5 Å². The number of hydrogen-bond acceptors (Lipinski definition) is 7. The Kier molecular flexibility index (Phi) is 6.06. The lowest BCUT2D eigenvalue weighted by molar-refractivity contribution is 0.584. The van der Waals surface area contributed by atoms with Gasteiger partial charge in [-0.2, -0.15) is 0 Å². The van der Waals surface area contributed by atoms with Gasteiger partial charge in [-0.3, -0.25) is 0 Å². The van der Waals surface area contributed by atoms with Crippen LogP contribution in [-0.2, 0) is 10.0 Å². The minimum absolute atomic E-state index is 0.209. The highest BCUT2D eigenvalue weighted by Crippen LogP contribution is 2.22. The molecule has 2 aromatic carbocycles. The average molecular weight is 435 g/mol. The van der Waals surface area contributed by atoms with E-state index in [9.17, 15) is 8.42 Å². The van der Waals surface area contributed by atoms with Crippen LogP contribution in [0.2, 0.25) is 0 Å². The monoisotopic (exact) mass is 434 g/mol. The van der Waals surface area contributed by atoms with E-state index in [0.717, 1.165) is 10.9 Å². The van der Waals surface area contributed by atoms with Crippen molar-refractivity contribution in [2.24, 2.45) is 0 Å². The molecule has 0 aliphatic carbocycles. The van der Waals surface area contributed by atoms with Crippen molar-refractivity contribution in [1.29, 1.82) is 0 Å². The molecule has 3 N–H and O–H groups in total. The van der Waals surface area contributed by atoms with Crippen molar-refractivity contribution in [2.45, 2.75) is 11.8 Å². The van der Waals surface area contributed by atoms with Gasteiger partial charge >= 0.3 is 0 Å². The van der Waals surface area contributed by atoms with Gasteiger partial charge in [0.15, 0.2) is 5.82 Å². The van der Waals surface area contributed by atoms with Crippen molar-refractivity contribution in [2.75, 3.05) is 23.7 Å². The third kappa shape index (κ3) is 5.14. The second-order valence-corrected chi connectivity index (χ2v) is 8.68. The van der Waals surface area contributed by atoms with Gasteiger partial charge in [-0.15, -0.1) is 10.2 Å². The molecule has 4 rings (SSSR count). The van der Waals surface area contributed by atoms with Gasteiger partial charge in [0, 0.05) is 24.7 Å². The molecular weight excluding hydrogens is 412 g/mol. The number of aromatic nitrogens is 3. The van der Waals surface area contributed by atoms with Gasteiger partial charge in [0.25, 0.3) is 0 Å². The Bertz CT molecular complexity index is 1290. The fraction of sp³-hybridized carbons (Fsp3) is 0.136. The lowest BCUT2D eigenvalue weighted by atomic mass is 10.1. The van der Waals surface area contributed by atoms with E-state index in [1.165, 1.54) is 0 Å². The second-order valence-electron chi connectivity index (χ2n) is 6.95. The van der Waals surface area contributed by atoms with Crippen LogP contribution in [0.25, 0.3) is 10.8 Å². The van der Waals surface area contributed by atoms with Gasteiger partial charge in [0.2, 0.25) is 10.0 Å². The highest BCUT2D eigenvalue weighted by Gasteiger charge is 2.16. The van der Waals surface area contributed by atoms with Crippen molar-refractivity contribution in [3.05, 3.63) is 78.5 Å². The van der Waals surface area contributed by atoms with Crippen molar-refractivity contribution in [3.63, 3.8) is 0 Å². The van der Waals surface area contributed by atoms with Crippen LogP contribution in [0.3, 0.4) is 0 Å². The van der Waals surface area contributed by atoms with Gasteiger partial charge in [-0.1, -0.05) is 36.4 Å². The molecule has 0 spiro atoms. The van der Waals surface area contributed by atoms with E-state index in [1.807, 2.05) is 43.3 Å². The number of benzene rings is 2. The summed E-state index contributed by atoms with van der Waals surface area (Å²) in [5.74, 6) is 1.81. The van der Waals surface area contributed by atoms with E-state index < -0.39 is 10.0 Å². The molecule has 0 aliphatic heterocycles. The number of anilines is 3. The topological polar surface area (TPSA) is 109 Å². The van der Waals surface area contributed by atoms with Crippen LogP contribution >= 0.6 is 0 Å². The van der Waals surface area contributed by atoms with E-state index >= 15 is 0 Å². The van der Waals surface area contributed by atoms with E-state index in [2.05, 4.69) is 30.5 Å². The first-order valence-electron chi connectivity index (χ1n) is 9.76. The summed E-state index contributed by atoms with van der Waals surface area (Å²) >= 11 is 0. The van der Waals surface area contributed by atoms with Crippen molar-refractivity contribution in [3.8, 4) is 0 Å². The zero-order chi connectivity index (χ0) is 21.7. The Hall–Kier alpha value is -3.56. The van der Waals surface area contributed by atoms with Crippen molar-refractivity contribution >= 4 is 38.2 Å². The molecule has 8 nitrogen and oxygen atoms in total. The van der Waals surface area contributed by atoms with Gasteiger partial charge in [0.05, 0.1) is 4.90 Å². The van der Waals surface area contributed by atoms with Gasteiger partial charge in [-0.05, 0) is 48.2 Å². The summed E-state index contributed by atoms with van der Waals surface area (Å²) < 4.78 is 28.1. The Balaban J connectivity index is 1.32. The lowest BCUT2D eigenvalue weighted by Gasteiger charge is -2.10. The van der Waals surface area contributed by atoms with E-state index in [0.29, 0.717) is 29.4 Å². The maximum Gasteiger partial charge on any atom is 0.241 e. The number of nitrogens with one attached hydrogen (secondary N) is 3. The molecule has 2 aromatic heterocycles. The Morgan fingerprint density at radius 3 is 2.42 bits per heavy atom. The smallest absolute Gasteiger partial charge is 0.241 e. The number of pyridine rings is 1. The van der Waals surface area contributed by atoms with Gasteiger partial charge in [0.1, 0.15) is 11.6 Å². The van der Waals surface area contributed by atoms with Crippen LogP contribution in [-0.4, -0.2) is 36.7 Å². The number of rotatable bonds is 8. The Morgan fingerprint density at radius 2 is 1.61 bits per heavy atom. The zero-order valence-electron chi connectivity index (χ0n) is 16.9. The molecular formula is C22H22N6O2S. The molecule has 9 heteroatoms.